The average Bonchev–Trinajstić information content (AvgIpc) is 2.80. The number of aromatic nitrogens is 1. The van der Waals surface area contributed by atoms with E-state index in [9.17, 15) is 4.79 Å². The smallest absolute Gasteiger partial charge is 0.223 e. The van der Waals surface area contributed by atoms with Crippen LogP contribution >= 0.6 is 22.9 Å². The summed E-state index contributed by atoms with van der Waals surface area (Å²) in [5.74, 6) is 0.685. The number of halogens is 1. The SMILES string of the molecule is CC1CCC(=O)N1Cc1nc(CCl)cs1. The van der Waals surface area contributed by atoms with Crippen LogP contribution in [-0.4, -0.2) is 21.8 Å². The highest BCUT2D eigenvalue weighted by molar-refractivity contribution is 7.09. The monoisotopic (exact) mass is 244 g/mol. The second kappa shape index (κ2) is 4.49. The molecule has 1 atom stereocenters. The molecule has 3 nitrogen and oxygen atoms in total. The van der Waals surface area contributed by atoms with Gasteiger partial charge in [-0.2, -0.15) is 0 Å². The maximum atomic E-state index is 11.5. The Balaban J connectivity index is 2.04. The van der Waals surface area contributed by atoms with E-state index < -0.39 is 0 Å². The number of rotatable bonds is 3. The normalized spacial score (nSPS) is 21.3. The summed E-state index contributed by atoms with van der Waals surface area (Å²) in [6, 6.07) is 0.348. The summed E-state index contributed by atoms with van der Waals surface area (Å²) < 4.78 is 0. The number of thiazole rings is 1. The lowest BCUT2D eigenvalue weighted by molar-refractivity contribution is -0.129. The Kier molecular flexibility index (Phi) is 3.26. The molecule has 0 saturated carbocycles. The van der Waals surface area contributed by atoms with Crippen LogP contribution in [0.1, 0.15) is 30.5 Å². The number of carbonyl (C=O) groups is 1. The van der Waals surface area contributed by atoms with E-state index in [0.29, 0.717) is 24.9 Å². The molecule has 1 saturated heterocycles. The van der Waals surface area contributed by atoms with Crippen LogP contribution in [0.4, 0.5) is 0 Å². The number of hydrogen-bond acceptors (Lipinski definition) is 3. The number of likely N-dealkylation sites (tertiary alicyclic amines) is 1. The molecule has 82 valence electrons. The van der Waals surface area contributed by atoms with Crippen molar-refractivity contribution in [2.45, 2.75) is 38.2 Å². The maximum absolute atomic E-state index is 11.5. The van der Waals surface area contributed by atoms with Gasteiger partial charge >= 0.3 is 0 Å². The van der Waals surface area contributed by atoms with Crippen molar-refractivity contribution in [1.82, 2.24) is 9.88 Å². The molecule has 2 rings (SSSR count). The average molecular weight is 245 g/mol. The van der Waals surface area contributed by atoms with E-state index in [0.717, 1.165) is 17.1 Å². The quantitative estimate of drug-likeness (QED) is 0.765. The minimum Gasteiger partial charge on any atom is -0.333 e. The fourth-order valence-electron chi connectivity index (χ4n) is 1.75. The molecule has 15 heavy (non-hydrogen) atoms. The summed E-state index contributed by atoms with van der Waals surface area (Å²) in [7, 11) is 0. The van der Waals surface area contributed by atoms with E-state index >= 15 is 0 Å². The van der Waals surface area contributed by atoms with Crippen molar-refractivity contribution in [3.63, 3.8) is 0 Å². The van der Waals surface area contributed by atoms with Crippen molar-refractivity contribution < 1.29 is 4.79 Å². The molecule has 0 spiro atoms. The molecule has 1 aromatic rings. The Bertz CT molecular complexity index is 366. The van der Waals surface area contributed by atoms with E-state index in [-0.39, 0.29) is 5.91 Å². The first-order valence-corrected chi connectivity index (χ1v) is 6.41. The number of hydrogen-bond donors (Lipinski definition) is 0. The number of nitrogens with zero attached hydrogens (tertiary/aromatic N) is 2. The van der Waals surface area contributed by atoms with E-state index in [2.05, 4.69) is 11.9 Å². The van der Waals surface area contributed by atoms with Crippen LogP contribution < -0.4 is 0 Å². The topological polar surface area (TPSA) is 33.2 Å². The molecule has 0 bridgehead atoms. The summed E-state index contributed by atoms with van der Waals surface area (Å²) in [5.41, 5.74) is 0.899. The van der Waals surface area contributed by atoms with Gasteiger partial charge in [-0.05, 0) is 13.3 Å². The van der Waals surface area contributed by atoms with E-state index in [1.54, 1.807) is 11.3 Å². The maximum Gasteiger partial charge on any atom is 0.223 e. The Hall–Kier alpha value is -0.610. The van der Waals surface area contributed by atoms with Gasteiger partial charge < -0.3 is 4.90 Å². The standard InChI is InChI=1S/C10H13ClN2OS/c1-7-2-3-10(14)13(7)5-9-12-8(4-11)6-15-9/h6-7H,2-5H2,1H3. The lowest BCUT2D eigenvalue weighted by Crippen LogP contribution is -2.30. The molecule has 1 aliphatic heterocycles. The van der Waals surface area contributed by atoms with Gasteiger partial charge in [0.05, 0.1) is 18.1 Å². The molecule has 1 amide bonds. The Morgan fingerprint density at radius 1 is 1.73 bits per heavy atom. The predicted molar refractivity (Wildman–Crippen MR) is 60.9 cm³/mol. The van der Waals surface area contributed by atoms with Gasteiger partial charge in [0, 0.05) is 17.8 Å². The largest absolute Gasteiger partial charge is 0.333 e. The van der Waals surface area contributed by atoms with Gasteiger partial charge in [-0.1, -0.05) is 0 Å². The number of carbonyl (C=O) groups excluding carboxylic acids is 1. The molecule has 1 fully saturated rings. The number of alkyl halides is 1. The summed E-state index contributed by atoms with van der Waals surface area (Å²) in [6.07, 6.45) is 1.64. The van der Waals surface area contributed by atoms with Crippen LogP contribution in [0.5, 0.6) is 0 Å². The lowest BCUT2D eigenvalue weighted by Gasteiger charge is -2.19. The first-order valence-electron chi connectivity index (χ1n) is 4.99. The van der Waals surface area contributed by atoms with Crippen molar-refractivity contribution in [2.75, 3.05) is 0 Å². The summed E-state index contributed by atoms with van der Waals surface area (Å²) in [6.45, 7) is 2.72. The summed E-state index contributed by atoms with van der Waals surface area (Å²) in [4.78, 5) is 17.8. The minimum atomic E-state index is 0.241. The van der Waals surface area contributed by atoms with Crippen molar-refractivity contribution in [3.05, 3.63) is 16.1 Å². The van der Waals surface area contributed by atoms with Gasteiger partial charge in [-0.25, -0.2) is 4.98 Å². The zero-order valence-corrected chi connectivity index (χ0v) is 10.1. The Morgan fingerprint density at radius 2 is 2.53 bits per heavy atom. The van der Waals surface area contributed by atoms with Gasteiger partial charge in [-0.15, -0.1) is 22.9 Å². The Morgan fingerprint density at radius 3 is 3.07 bits per heavy atom. The van der Waals surface area contributed by atoms with Gasteiger partial charge in [0.2, 0.25) is 5.91 Å². The van der Waals surface area contributed by atoms with Crippen LogP contribution in [0.25, 0.3) is 0 Å². The highest BCUT2D eigenvalue weighted by atomic mass is 35.5. The minimum absolute atomic E-state index is 0.241. The fraction of sp³-hybridized carbons (Fsp3) is 0.600. The fourth-order valence-corrected chi connectivity index (χ4v) is 2.77. The summed E-state index contributed by atoms with van der Waals surface area (Å²) in [5, 5.41) is 2.93. The van der Waals surface area contributed by atoms with E-state index in [1.807, 2.05) is 10.3 Å². The molecule has 0 radical (unpaired) electrons. The van der Waals surface area contributed by atoms with Gasteiger partial charge in [0.15, 0.2) is 0 Å². The molecule has 0 aromatic carbocycles. The second-order valence-corrected chi connectivity index (χ2v) is 4.99. The third kappa shape index (κ3) is 2.32. The van der Waals surface area contributed by atoms with Crippen molar-refractivity contribution in [2.24, 2.45) is 0 Å². The van der Waals surface area contributed by atoms with Crippen LogP contribution in [0, 0.1) is 0 Å². The van der Waals surface area contributed by atoms with E-state index in [4.69, 9.17) is 11.6 Å². The molecule has 0 N–H and O–H groups in total. The second-order valence-electron chi connectivity index (χ2n) is 3.78. The van der Waals surface area contributed by atoms with Crippen LogP contribution in [-0.2, 0) is 17.2 Å². The van der Waals surface area contributed by atoms with Crippen molar-refractivity contribution in [1.29, 1.82) is 0 Å². The van der Waals surface area contributed by atoms with Crippen LogP contribution in [0.2, 0.25) is 0 Å². The molecular weight excluding hydrogens is 232 g/mol. The lowest BCUT2D eigenvalue weighted by atomic mass is 10.2. The first-order chi connectivity index (χ1) is 7.20. The predicted octanol–water partition coefficient (Wildman–Crippen LogP) is 2.39. The zero-order chi connectivity index (χ0) is 10.8. The molecule has 5 heteroatoms. The summed E-state index contributed by atoms with van der Waals surface area (Å²) >= 11 is 7.25. The molecule has 2 heterocycles. The Labute approximate surface area is 98.1 Å². The molecule has 0 aliphatic carbocycles. The van der Waals surface area contributed by atoms with Crippen molar-refractivity contribution >= 4 is 28.8 Å². The van der Waals surface area contributed by atoms with Gasteiger partial charge in [0.25, 0.3) is 0 Å². The zero-order valence-electron chi connectivity index (χ0n) is 8.57. The van der Waals surface area contributed by atoms with Gasteiger partial charge in [0.1, 0.15) is 5.01 Å². The van der Waals surface area contributed by atoms with Gasteiger partial charge in [-0.3, -0.25) is 4.79 Å². The van der Waals surface area contributed by atoms with Crippen LogP contribution in [0.15, 0.2) is 5.38 Å². The third-order valence-corrected chi connectivity index (χ3v) is 3.83. The molecule has 1 aliphatic rings. The third-order valence-electron chi connectivity index (χ3n) is 2.67. The van der Waals surface area contributed by atoms with E-state index in [1.165, 1.54) is 0 Å². The van der Waals surface area contributed by atoms with Crippen molar-refractivity contribution in [3.8, 4) is 0 Å². The molecule has 1 unspecified atom stereocenters. The number of amides is 1. The first kappa shape index (κ1) is 10.9. The highest BCUT2D eigenvalue weighted by Crippen LogP contribution is 2.22. The highest BCUT2D eigenvalue weighted by Gasteiger charge is 2.27. The van der Waals surface area contributed by atoms with Crippen LogP contribution in [0.3, 0.4) is 0 Å². The molecular formula is C10H13ClN2OS. The molecule has 1 aromatic heterocycles.